The molecule has 0 bridgehead atoms. The summed E-state index contributed by atoms with van der Waals surface area (Å²) < 4.78 is 63.8. The largest absolute Gasteiger partial charge is 0.394 e. The van der Waals surface area contributed by atoms with Crippen LogP contribution in [0.2, 0.25) is 0 Å². The van der Waals surface area contributed by atoms with Crippen LogP contribution in [0.25, 0.3) is 0 Å². The molecule has 7 aromatic rings. The Kier molecular flexibility index (Phi) is 18.5. The molecule has 10 atom stereocenters. The number of hydrogen-bond donors (Lipinski definition) is 2. The molecule has 0 aliphatic carbocycles. The van der Waals surface area contributed by atoms with Crippen LogP contribution in [0.5, 0.6) is 0 Å². The third-order valence-electron chi connectivity index (χ3n) is 13.2. The van der Waals surface area contributed by atoms with Crippen LogP contribution in [0.15, 0.2) is 212 Å². The first kappa shape index (κ1) is 51.0. The van der Waals surface area contributed by atoms with E-state index in [9.17, 15) is 10.2 Å². The highest BCUT2D eigenvalue weighted by Crippen LogP contribution is 2.47. The minimum Gasteiger partial charge on any atom is -0.394 e. The molecule has 2 aliphatic rings. The molecule has 2 saturated heterocycles. The van der Waals surface area contributed by atoms with Gasteiger partial charge in [0.25, 0.3) is 0 Å². The lowest BCUT2D eigenvalue weighted by Crippen LogP contribution is -2.79. The highest BCUT2D eigenvalue weighted by atomic mass is 16.7. The second-order valence-corrected chi connectivity index (χ2v) is 18.2. The zero-order chi connectivity index (χ0) is 49.2. The van der Waals surface area contributed by atoms with E-state index < -0.39 is 67.3 Å². The molecule has 9 rings (SSSR count). The predicted molar refractivity (Wildman–Crippen MR) is 272 cm³/mol. The molecule has 2 heterocycles. The van der Waals surface area contributed by atoms with Gasteiger partial charge in [0.1, 0.15) is 48.8 Å². The quantitative estimate of drug-likeness (QED) is 0.0602. The van der Waals surface area contributed by atoms with E-state index in [1.807, 2.05) is 212 Å². The average molecular weight is 973 g/mol. The summed E-state index contributed by atoms with van der Waals surface area (Å²) in [6.45, 7) is 0.527. The number of ether oxygens (including phenoxy) is 9. The summed E-state index contributed by atoms with van der Waals surface area (Å²) in [5, 5.41) is 24.0. The molecule has 0 unspecified atom stereocenters. The van der Waals surface area contributed by atoms with Crippen LogP contribution in [-0.4, -0.2) is 84.1 Å². The van der Waals surface area contributed by atoms with Crippen molar-refractivity contribution >= 4 is 0 Å². The molecule has 2 aliphatic heterocycles. The monoisotopic (exact) mass is 972 g/mol. The Labute approximate surface area is 422 Å². The van der Waals surface area contributed by atoms with Gasteiger partial charge in [-0.25, -0.2) is 0 Å². The number of benzene rings is 7. The number of hydrogen-bond acceptors (Lipinski definition) is 11. The van der Waals surface area contributed by atoms with Gasteiger partial charge in [0.05, 0.1) is 59.5 Å². The first-order chi connectivity index (χ1) is 35.6. The van der Waals surface area contributed by atoms with Crippen LogP contribution in [0.4, 0.5) is 0 Å². The lowest BCUT2D eigenvalue weighted by molar-refractivity contribution is -0.395. The summed E-state index contributed by atoms with van der Waals surface area (Å²) in [5.74, 6) is 0. The van der Waals surface area contributed by atoms with E-state index in [0.717, 1.165) is 38.9 Å². The summed E-state index contributed by atoms with van der Waals surface area (Å²) in [5.41, 5.74) is 4.55. The zero-order valence-electron chi connectivity index (χ0n) is 40.3. The second kappa shape index (κ2) is 26.2. The number of rotatable bonds is 24. The molecule has 11 heteroatoms. The van der Waals surface area contributed by atoms with Crippen LogP contribution in [0.1, 0.15) is 38.9 Å². The molecule has 2 N–H and O–H groups in total. The molecule has 11 nitrogen and oxygen atoms in total. The van der Waals surface area contributed by atoms with Gasteiger partial charge in [0, 0.05) is 0 Å². The Bertz CT molecular complexity index is 2580. The van der Waals surface area contributed by atoms with Crippen molar-refractivity contribution in [3.05, 3.63) is 251 Å². The van der Waals surface area contributed by atoms with Gasteiger partial charge in [0.15, 0.2) is 11.9 Å². The fourth-order valence-corrected chi connectivity index (χ4v) is 9.59. The van der Waals surface area contributed by atoms with Gasteiger partial charge in [-0.2, -0.15) is 0 Å². The van der Waals surface area contributed by atoms with Gasteiger partial charge >= 0.3 is 0 Å². The van der Waals surface area contributed by atoms with Gasteiger partial charge < -0.3 is 52.8 Å². The summed E-state index contributed by atoms with van der Waals surface area (Å²) in [4.78, 5) is 0. The van der Waals surface area contributed by atoms with Crippen molar-refractivity contribution in [2.45, 2.75) is 107 Å². The van der Waals surface area contributed by atoms with Crippen LogP contribution < -0.4 is 0 Å². The zero-order valence-corrected chi connectivity index (χ0v) is 40.3. The van der Waals surface area contributed by atoms with Crippen LogP contribution in [0.3, 0.4) is 0 Å². The topological polar surface area (TPSA) is 124 Å². The van der Waals surface area contributed by atoms with E-state index in [0.29, 0.717) is 6.61 Å². The fourth-order valence-electron chi connectivity index (χ4n) is 9.59. The second-order valence-electron chi connectivity index (χ2n) is 18.2. The van der Waals surface area contributed by atoms with E-state index in [1.165, 1.54) is 0 Å². The fraction of sp³-hybridized carbons (Fsp3) is 0.311. The van der Waals surface area contributed by atoms with Gasteiger partial charge in [-0.1, -0.05) is 212 Å². The van der Waals surface area contributed by atoms with E-state index in [4.69, 9.17) is 42.6 Å². The third-order valence-corrected chi connectivity index (χ3v) is 13.2. The predicted octanol–water partition coefficient (Wildman–Crippen LogP) is 9.56. The lowest BCUT2D eigenvalue weighted by Gasteiger charge is -2.59. The van der Waals surface area contributed by atoms with E-state index in [-0.39, 0.29) is 46.2 Å². The van der Waals surface area contributed by atoms with E-state index in [1.54, 1.807) is 0 Å². The first-order valence-electron chi connectivity index (χ1n) is 24.7. The van der Waals surface area contributed by atoms with Gasteiger partial charge in [-0.3, -0.25) is 0 Å². The maximum Gasteiger partial charge on any atom is 0.184 e. The third kappa shape index (κ3) is 13.2. The molecule has 0 saturated carbocycles. The van der Waals surface area contributed by atoms with Gasteiger partial charge in [-0.05, 0) is 38.9 Å². The Morgan fingerprint density at radius 1 is 0.375 bits per heavy atom. The standard InChI is InChI=1S/C61H64O11/c62-36-53-61(70-43-51-34-20-7-21-35-51,58(69-42-50-32-18-6-19-33-50)57(60(63)72-53)68-41-49-30-16-5-17-31-49)59-56(67-40-48-28-14-4-15-29-48)55(66-39-47-26-12-3-13-27-47)54(65-38-46-24-10-2-11-25-46)52(71-59)44-64-37-45-22-8-1-9-23-45/h1-35,52-60,62-63H,36-44H2/t52-,53-,54-,55+,56-,57-,58-,59-,60+,61-/m1/s1. The minimum absolute atomic E-state index is 0.0251. The van der Waals surface area contributed by atoms with Crippen LogP contribution >= 0.6 is 0 Å². The molecular weight excluding hydrogens is 909 g/mol. The number of aliphatic hydroxyl groups is 2. The molecular formula is C61H64O11. The molecule has 374 valence electrons. The van der Waals surface area contributed by atoms with Crippen molar-refractivity contribution in [2.75, 3.05) is 13.2 Å². The molecule has 0 amide bonds. The minimum atomic E-state index is -1.81. The Balaban J connectivity index is 1.21. The van der Waals surface area contributed by atoms with Crippen molar-refractivity contribution in [3.63, 3.8) is 0 Å². The number of aliphatic hydroxyl groups excluding tert-OH is 2. The highest BCUT2D eigenvalue weighted by molar-refractivity contribution is 5.22. The maximum absolute atomic E-state index is 12.2. The normalized spacial score (nSPS) is 25.2. The van der Waals surface area contributed by atoms with Crippen molar-refractivity contribution in [1.29, 1.82) is 0 Å². The molecule has 0 spiro atoms. The average Bonchev–Trinajstić information content (AvgIpc) is 3.44. The van der Waals surface area contributed by atoms with Crippen molar-refractivity contribution in [1.82, 2.24) is 0 Å². The Morgan fingerprint density at radius 2 is 0.722 bits per heavy atom. The molecule has 0 aromatic heterocycles. The van der Waals surface area contributed by atoms with Gasteiger partial charge in [-0.15, -0.1) is 0 Å². The van der Waals surface area contributed by atoms with E-state index >= 15 is 0 Å². The smallest absolute Gasteiger partial charge is 0.184 e. The van der Waals surface area contributed by atoms with Crippen molar-refractivity contribution < 1.29 is 52.8 Å². The van der Waals surface area contributed by atoms with E-state index in [2.05, 4.69) is 0 Å². The first-order valence-corrected chi connectivity index (χ1v) is 24.7. The maximum atomic E-state index is 12.2. The summed E-state index contributed by atoms with van der Waals surface area (Å²) in [6.07, 6.45) is -9.89. The van der Waals surface area contributed by atoms with Gasteiger partial charge in [0.2, 0.25) is 0 Å². The molecule has 2 fully saturated rings. The molecule has 7 aromatic carbocycles. The molecule has 72 heavy (non-hydrogen) atoms. The summed E-state index contributed by atoms with van der Waals surface area (Å²) in [6, 6.07) is 69.0. The Morgan fingerprint density at radius 3 is 1.14 bits per heavy atom. The molecule has 0 radical (unpaired) electrons. The van der Waals surface area contributed by atoms with Crippen LogP contribution in [-0.2, 0) is 88.9 Å². The Hall–Kier alpha value is -5.90. The SMILES string of the molecule is OC[C@H]1O[C@H](O)[C@H](OCc2ccccc2)[C@@H](OCc2ccccc2)[C@@]1(OCc1ccccc1)[C@@H]1O[C@H](COCc2ccccc2)[C@@H](OCc2ccccc2)[C@H](OCc2ccccc2)[C@H]1OCc1ccccc1. The van der Waals surface area contributed by atoms with Crippen molar-refractivity contribution in [2.24, 2.45) is 0 Å². The van der Waals surface area contributed by atoms with Crippen molar-refractivity contribution in [3.8, 4) is 0 Å². The van der Waals surface area contributed by atoms with Crippen LogP contribution in [0, 0.1) is 0 Å². The lowest BCUT2D eigenvalue weighted by atomic mass is 9.74. The highest BCUT2D eigenvalue weighted by Gasteiger charge is 2.68. The summed E-state index contributed by atoms with van der Waals surface area (Å²) in [7, 11) is 0. The summed E-state index contributed by atoms with van der Waals surface area (Å²) >= 11 is 0.